The second-order valence-corrected chi connectivity index (χ2v) is 7.66. The van der Waals surface area contributed by atoms with E-state index < -0.39 is 12.0 Å². The van der Waals surface area contributed by atoms with Gasteiger partial charge < -0.3 is 19.7 Å². The van der Waals surface area contributed by atoms with Crippen molar-refractivity contribution in [3.8, 4) is 5.75 Å². The number of fused-ring (bicyclic) bond motifs is 1. The zero-order chi connectivity index (χ0) is 20.6. The fraction of sp³-hybridized carbons (Fsp3) is 0.273. The molecular weight excluding hydrogens is 388 g/mol. The SMILES string of the molecule is CSCC[C@@H](NC(=O)Cn1ccc2cc(OCc3ccccc3)ccc21)C(=O)O. The van der Waals surface area contributed by atoms with Gasteiger partial charge in [-0.25, -0.2) is 4.79 Å². The van der Waals surface area contributed by atoms with E-state index in [4.69, 9.17) is 4.74 Å². The molecule has 3 aromatic rings. The van der Waals surface area contributed by atoms with Gasteiger partial charge in [0.05, 0.1) is 0 Å². The van der Waals surface area contributed by atoms with Crippen LogP contribution in [0.5, 0.6) is 5.75 Å². The highest BCUT2D eigenvalue weighted by Gasteiger charge is 2.19. The number of rotatable bonds is 10. The molecule has 1 aromatic heterocycles. The first-order chi connectivity index (χ1) is 14.1. The van der Waals surface area contributed by atoms with Crippen LogP contribution in [-0.2, 0) is 22.7 Å². The molecule has 3 rings (SSSR count). The van der Waals surface area contributed by atoms with Gasteiger partial charge in [-0.3, -0.25) is 4.79 Å². The van der Waals surface area contributed by atoms with Gasteiger partial charge in [0.1, 0.15) is 24.9 Å². The van der Waals surface area contributed by atoms with Crippen LogP contribution in [0, 0.1) is 0 Å². The third-order valence-corrected chi connectivity index (χ3v) is 5.19. The molecular formula is C22H24N2O4S. The lowest BCUT2D eigenvalue weighted by atomic mass is 10.2. The fourth-order valence-electron chi connectivity index (χ4n) is 3.03. The molecule has 0 spiro atoms. The second kappa shape index (κ2) is 10.0. The highest BCUT2D eigenvalue weighted by Crippen LogP contribution is 2.23. The van der Waals surface area contributed by atoms with Crippen molar-refractivity contribution in [3.05, 3.63) is 66.4 Å². The molecule has 0 aliphatic carbocycles. The van der Waals surface area contributed by atoms with Gasteiger partial charge in [0.15, 0.2) is 0 Å². The summed E-state index contributed by atoms with van der Waals surface area (Å²) in [6, 6.07) is 16.7. The van der Waals surface area contributed by atoms with Crippen LogP contribution < -0.4 is 10.1 Å². The van der Waals surface area contributed by atoms with Gasteiger partial charge in [0.2, 0.25) is 5.91 Å². The highest BCUT2D eigenvalue weighted by atomic mass is 32.2. The van der Waals surface area contributed by atoms with E-state index in [0.717, 1.165) is 22.2 Å². The fourth-order valence-corrected chi connectivity index (χ4v) is 3.51. The minimum Gasteiger partial charge on any atom is -0.489 e. The van der Waals surface area contributed by atoms with Crippen LogP contribution in [0.2, 0.25) is 0 Å². The molecule has 6 nitrogen and oxygen atoms in total. The lowest BCUT2D eigenvalue weighted by molar-refractivity contribution is -0.141. The van der Waals surface area contributed by atoms with Gasteiger partial charge in [-0.15, -0.1) is 0 Å². The summed E-state index contributed by atoms with van der Waals surface area (Å²) in [4.78, 5) is 23.6. The number of thioether (sulfide) groups is 1. The maximum Gasteiger partial charge on any atom is 0.326 e. The van der Waals surface area contributed by atoms with Crippen LogP contribution in [0.1, 0.15) is 12.0 Å². The zero-order valence-corrected chi connectivity index (χ0v) is 17.0. The van der Waals surface area contributed by atoms with E-state index in [1.54, 1.807) is 16.3 Å². The number of carboxylic acid groups (broad SMARTS) is 1. The molecule has 1 heterocycles. The molecule has 0 saturated heterocycles. The number of aliphatic carboxylic acids is 1. The van der Waals surface area contributed by atoms with E-state index in [9.17, 15) is 14.7 Å². The average Bonchev–Trinajstić information content (AvgIpc) is 3.12. The Morgan fingerprint density at radius 3 is 2.69 bits per heavy atom. The predicted molar refractivity (Wildman–Crippen MR) is 115 cm³/mol. The van der Waals surface area contributed by atoms with Crippen molar-refractivity contribution in [2.24, 2.45) is 0 Å². The van der Waals surface area contributed by atoms with Crippen molar-refractivity contribution in [1.29, 1.82) is 0 Å². The number of carbonyl (C=O) groups excluding carboxylic acids is 1. The van der Waals surface area contributed by atoms with Crippen LogP contribution in [0.15, 0.2) is 60.8 Å². The van der Waals surface area contributed by atoms with Crippen molar-refractivity contribution in [1.82, 2.24) is 9.88 Å². The quantitative estimate of drug-likeness (QED) is 0.532. The van der Waals surface area contributed by atoms with Gasteiger partial charge in [-0.1, -0.05) is 30.3 Å². The highest BCUT2D eigenvalue weighted by molar-refractivity contribution is 7.98. The summed E-state index contributed by atoms with van der Waals surface area (Å²) < 4.78 is 7.66. The molecule has 1 atom stereocenters. The molecule has 0 aliphatic heterocycles. The van der Waals surface area contributed by atoms with Crippen LogP contribution in [0.3, 0.4) is 0 Å². The topological polar surface area (TPSA) is 80.6 Å². The summed E-state index contributed by atoms with van der Waals surface area (Å²) in [5.41, 5.74) is 1.99. The molecule has 0 saturated carbocycles. The Balaban J connectivity index is 1.63. The third-order valence-electron chi connectivity index (χ3n) is 4.55. The van der Waals surface area contributed by atoms with Crippen LogP contribution in [0.4, 0.5) is 0 Å². The van der Waals surface area contributed by atoms with Crippen LogP contribution in [0.25, 0.3) is 10.9 Å². The molecule has 2 aromatic carbocycles. The number of nitrogens with one attached hydrogen (secondary N) is 1. The van der Waals surface area contributed by atoms with Gasteiger partial charge in [0.25, 0.3) is 0 Å². The smallest absolute Gasteiger partial charge is 0.326 e. The normalized spacial score (nSPS) is 11.9. The molecule has 2 N–H and O–H groups in total. The summed E-state index contributed by atoms with van der Waals surface area (Å²) in [5.74, 6) is 0.104. The lowest BCUT2D eigenvalue weighted by Crippen LogP contribution is -2.42. The Morgan fingerprint density at radius 2 is 1.97 bits per heavy atom. The Hall–Kier alpha value is -2.93. The number of hydrogen-bond donors (Lipinski definition) is 2. The molecule has 1 amide bonds. The number of hydrogen-bond acceptors (Lipinski definition) is 4. The van der Waals surface area contributed by atoms with Gasteiger partial charge in [0, 0.05) is 17.1 Å². The molecule has 29 heavy (non-hydrogen) atoms. The second-order valence-electron chi connectivity index (χ2n) is 6.68. The largest absolute Gasteiger partial charge is 0.489 e. The average molecular weight is 413 g/mol. The summed E-state index contributed by atoms with van der Waals surface area (Å²) in [7, 11) is 0. The molecule has 0 bridgehead atoms. The summed E-state index contributed by atoms with van der Waals surface area (Å²) in [6.45, 7) is 0.554. The summed E-state index contributed by atoms with van der Waals surface area (Å²) in [5, 5.41) is 12.8. The zero-order valence-electron chi connectivity index (χ0n) is 16.2. The maximum absolute atomic E-state index is 12.3. The number of aromatic nitrogens is 1. The Kier molecular flexibility index (Phi) is 7.19. The number of amides is 1. The molecule has 0 aliphatic rings. The summed E-state index contributed by atoms with van der Waals surface area (Å²) in [6.07, 6.45) is 4.13. The molecule has 0 radical (unpaired) electrons. The van der Waals surface area contributed by atoms with E-state index in [0.29, 0.717) is 18.8 Å². The molecule has 152 valence electrons. The van der Waals surface area contributed by atoms with E-state index >= 15 is 0 Å². The van der Waals surface area contributed by atoms with E-state index in [-0.39, 0.29) is 12.5 Å². The summed E-state index contributed by atoms with van der Waals surface area (Å²) >= 11 is 1.55. The first kappa shape index (κ1) is 20.8. The Bertz CT molecular complexity index is 971. The first-order valence-corrected chi connectivity index (χ1v) is 10.7. The monoisotopic (exact) mass is 412 g/mol. The van der Waals surface area contributed by atoms with Crippen LogP contribution >= 0.6 is 11.8 Å². The van der Waals surface area contributed by atoms with Crippen molar-refractivity contribution < 1.29 is 19.4 Å². The van der Waals surface area contributed by atoms with E-state index in [1.165, 1.54) is 0 Å². The Labute approximate surface area is 173 Å². The molecule has 7 heteroatoms. The number of ether oxygens (including phenoxy) is 1. The third kappa shape index (κ3) is 5.77. The van der Waals surface area contributed by atoms with Crippen molar-refractivity contribution >= 4 is 34.5 Å². The molecule has 0 unspecified atom stereocenters. The lowest BCUT2D eigenvalue weighted by Gasteiger charge is -2.14. The maximum atomic E-state index is 12.3. The predicted octanol–water partition coefficient (Wildman–Crippen LogP) is 3.54. The van der Waals surface area contributed by atoms with Gasteiger partial charge in [-0.2, -0.15) is 11.8 Å². The minimum atomic E-state index is -1.01. The number of carboxylic acids is 1. The number of nitrogens with zero attached hydrogens (tertiary/aromatic N) is 1. The number of benzene rings is 2. The van der Waals surface area contributed by atoms with Crippen molar-refractivity contribution in [2.45, 2.75) is 25.6 Å². The van der Waals surface area contributed by atoms with Crippen molar-refractivity contribution in [2.75, 3.05) is 12.0 Å². The van der Waals surface area contributed by atoms with Crippen LogP contribution in [-0.4, -0.2) is 39.6 Å². The van der Waals surface area contributed by atoms with E-state index in [2.05, 4.69) is 5.32 Å². The number of carbonyl (C=O) groups is 2. The van der Waals surface area contributed by atoms with Gasteiger partial charge in [-0.05, 0) is 48.3 Å². The standard InChI is InChI=1S/C22H24N2O4S/c1-29-12-10-19(22(26)27)23-21(25)14-24-11-9-17-13-18(7-8-20(17)24)28-15-16-5-3-2-4-6-16/h2-9,11,13,19H,10,12,14-15H2,1H3,(H,23,25)(H,26,27)/t19-/m1/s1. The minimum absolute atomic E-state index is 0.0662. The van der Waals surface area contributed by atoms with Crippen molar-refractivity contribution in [3.63, 3.8) is 0 Å². The van der Waals surface area contributed by atoms with E-state index in [1.807, 2.05) is 67.0 Å². The first-order valence-electron chi connectivity index (χ1n) is 9.33. The molecule has 0 fully saturated rings. The van der Waals surface area contributed by atoms with Gasteiger partial charge >= 0.3 is 5.97 Å². The Morgan fingerprint density at radius 1 is 1.17 bits per heavy atom.